The average molecular weight is 428 g/mol. The molecule has 1 aliphatic rings. The maximum absolute atomic E-state index is 13.0. The van der Waals surface area contributed by atoms with Crippen molar-refractivity contribution in [2.75, 3.05) is 11.5 Å². The van der Waals surface area contributed by atoms with Crippen LogP contribution in [0.3, 0.4) is 0 Å². The van der Waals surface area contributed by atoms with E-state index in [4.69, 9.17) is 4.74 Å². The minimum absolute atomic E-state index is 0.199. The lowest BCUT2D eigenvalue weighted by Crippen LogP contribution is -2.32. The van der Waals surface area contributed by atoms with Gasteiger partial charge < -0.3 is 4.74 Å². The molecule has 2 amide bonds. The smallest absolute Gasteiger partial charge is 0.310 e. The molecule has 2 aromatic rings. The fourth-order valence-electron chi connectivity index (χ4n) is 2.96. The molecule has 0 N–H and O–H groups in total. The van der Waals surface area contributed by atoms with Crippen molar-refractivity contribution in [3.05, 3.63) is 75.8 Å². The van der Waals surface area contributed by atoms with E-state index in [-0.39, 0.29) is 25.0 Å². The summed E-state index contributed by atoms with van der Waals surface area (Å²) in [4.78, 5) is 39.1. The average Bonchev–Trinajstić information content (AvgIpc) is 2.88. The summed E-state index contributed by atoms with van der Waals surface area (Å²) in [6, 6.07) is 16.2. The largest absolute Gasteiger partial charge is 0.466 e. The number of anilines is 1. The summed E-state index contributed by atoms with van der Waals surface area (Å²) < 4.78 is 5.90. The first kappa shape index (κ1) is 19.0. The van der Waals surface area contributed by atoms with E-state index >= 15 is 0 Å². The maximum Gasteiger partial charge on any atom is 0.310 e. The van der Waals surface area contributed by atoms with Gasteiger partial charge in [0.1, 0.15) is 0 Å². The number of esters is 1. The molecular formula is C21H18BrNO4. The van der Waals surface area contributed by atoms with E-state index in [1.807, 2.05) is 30.3 Å². The molecule has 0 aliphatic carbocycles. The standard InChI is InChI=1S/C21H18BrNO4/c1-2-27-19(24)13-18-17(12-14-8-10-15(22)11-9-14)20(25)23(21(18)26)16-6-4-3-5-7-16/h3-11H,2,12-13H2,1H3. The minimum Gasteiger partial charge on any atom is -0.466 e. The zero-order valence-corrected chi connectivity index (χ0v) is 16.4. The normalized spacial score (nSPS) is 14.1. The molecule has 2 aromatic carbocycles. The van der Waals surface area contributed by atoms with Crippen molar-refractivity contribution in [2.45, 2.75) is 19.8 Å². The molecular weight excluding hydrogens is 410 g/mol. The van der Waals surface area contributed by atoms with Gasteiger partial charge in [0, 0.05) is 22.0 Å². The van der Waals surface area contributed by atoms with E-state index < -0.39 is 17.8 Å². The first-order valence-electron chi connectivity index (χ1n) is 8.57. The van der Waals surface area contributed by atoms with Crippen LogP contribution >= 0.6 is 15.9 Å². The topological polar surface area (TPSA) is 63.7 Å². The highest BCUT2D eigenvalue weighted by atomic mass is 79.9. The van der Waals surface area contributed by atoms with E-state index in [0.29, 0.717) is 11.3 Å². The Balaban J connectivity index is 1.97. The number of nitrogens with zero attached hydrogens (tertiary/aromatic N) is 1. The van der Waals surface area contributed by atoms with Crippen LogP contribution in [0.25, 0.3) is 0 Å². The number of carbonyl (C=O) groups excluding carboxylic acids is 3. The van der Waals surface area contributed by atoms with Crippen molar-refractivity contribution in [2.24, 2.45) is 0 Å². The van der Waals surface area contributed by atoms with Crippen LogP contribution < -0.4 is 4.90 Å². The van der Waals surface area contributed by atoms with Gasteiger partial charge in [-0.3, -0.25) is 14.4 Å². The lowest BCUT2D eigenvalue weighted by molar-refractivity contribution is -0.142. The summed E-state index contributed by atoms with van der Waals surface area (Å²) in [5, 5.41) is 0. The van der Waals surface area contributed by atoms with Crippen molar-refractivity contribution in [1.29, 1.82) is 0 Å². The van der Waals surface area contributed by atoms with E-state index in [1.165, 1.54) is 0 Å². The third-order valence-corrected chi connectivity index (χ3v) is 4.75. The SMILES string of the molecule is CCOC(=O)CC1=C(Cc2ccc(Br)cc2)C(=O)N(c2ccccc2)C1=O. The zero-order valence-electron chi connectivity index (χ0n) is 14.8. The summed E-state index contributed by atoms with van der Waals surface area (Å²) >= 11 is 3.38. The number of para-hydroxylation sites is 1. The fraction of sp³-hybridized carbons (Fsp3) is 0.190. The quantitative estimate of drug-likeness (QED) is 0.519. The van der Waals surface area contributed by atoms with Gasteiger partial charge in [0.05, 0.1) is 18.7 Å². The van der Waals surface area contributed by atoms with Gasteiger partial charge in [-0.1, -0.05) is 46.3 Å². The molecule has 0 unspecified atom stereocenters. The molecule has 0 bridgehead atoms. The maximum atomic E-state index is 13.0. The van der Waals surface area contributed by atoms with Gasteiger partial charge in [0.25, 0.3) is 11.8 Å². The molecule has 138 valence electrons. The Kier molecular flexibility index (Phi) is 5.86. The lowest BCUT2D eigenvalue weighted by atomic mass is 10.00. The van der Waals surface area contributed by atoms with Crippen molar-refractivity contribution in [3.63, 3.8) is 0 Å². The van der Waals surface area contributed by atoms with Crippen molar-refractivity contribution >= 4 is 39.4 Å². The van der Waals surface area contributed by atoms with Crippen LogP contribution in [0.5, 0.6) is 0 Å². The lowest BCUT2D eigenvalue weighted by Gasteiger charge is -2.15. The Labute approximate surface area is 165 Å². The Morgan fingerprint density at radius 1 is 0.963 bits per heavy atom. The zero-order chi connectivity index (χ0) is 19.4. The number of hydrogen-bond acceptors (Lipinski definition) is 4. The summed E-state index contributed by atoms with van der Waals surface area (Å²) in [5.74, 6) is -1.38. The fourth-order valence-corrected chi connectivity index (χ4v) is 3.22. The number of carbonyl (C=O) groups is 3. The summed E-state index contributed by atoms with van der Waals surface area (Å²) in [6.45, 7) is 1.92. The van der Waals surface area contributed by atoms with Crippen molar-refractivity contribution in [1.82, 2.24) is 0 Å². The molecule has 0 atom stereocenters. The van der Waals surface area contributed by atoms with Gasteiger partial charge in [0.15, 0.2) is 0 Å². The number of halogens is 1. The molecule has 0 saturated heterocycles. The van der Waals surface area contributed by atoms with E-state index in [2.05, 4.69) is 15.9 Å². The predicted molar refractivity (Wildman–Crippen MR) is 105 cm³/mol. The van der Waals surface area contributed by atoms with Gasteiger partial charge in [-0.15, -0.1) is 0 Å². The number of rotatable bonds is 6. The van der Waals surface area contributed by atoms with Crippen molar-refractivity contribution < 1.29 is 19.1 Å². The second-order valence-corrected chi connectivity index (χ2v) is 6.94. The van der Waals surface area contributed by atoms with Crippen molar-refractivity contribution in [3.8, 4) is 0 Å². The van der Waals surface area contributed by atoms with Crippen LogP contribution in [0.15, 0.2) is 70.2 Å². The molecule has 5 nitrogen and oxygen atoms in total. The first-order chi connectivity index (χ1) is 13.0. The number of benzene rings is 2. The van der Waals surface area contributed by atoms with Crippen LogP contribution in [-0.4, -0.2) is 24.4 Å². The highest BCUT2D eigenvalue weighted by Gasteiger charge is 2.39. The monoisotopic (exact) mass is 427 g/mol. The predicted octanol–water partition coefficient (Wildman–Crippen LogP) is 3.81. The van der Waals surface area contributed by atoms with Crippen LogP contribution in [0.1, 0.15) is 18.9 Å². The van der Waals surface area contributed by atoms with Gasteiger partial charge in [0.2, 0.25) is 0 Å². The molecule has 0 saturated carbocycles. The molecule has 0 spiro atoms. The Bertz CT molecular complexity index is 904. The molecule has 27 heavy (non-hydrogen) atoms. The van der Waals surface area contributed by atoms with E-state index in [1.54, 1.807) is 31.2 Å². The van der Waals surface area contributed by atoms with Crippen LogP contribution in [-0.2, 0) is 25.5 Å². The molecule has 0 radical (unpaired) electrons. The third-order valence-electron chi connectivity index (χ3n) is 4.22. The second kappa shape index (κ2) is 8.31. The molecule has 0 aromatic heterocycles. The van der Waals surface area contributed by atoms with Gasteiger partial charge in [-0.25, -0.2) is 4.90 Å². The Morgan fingerprint density at radius 2 is 1.59 bits per heavy atom. The van der Waals surface area contributed by atoms with E-state index in [0.717, 1.165) is 14.9 Å². The highest BCUT2D eigenvalue weighted by molar-refractivity contribution is 9.10. The first-order valence-corrected chi connectivity index (χ1v) is 9.36. The highest BCUT2D eigenvalue weighted by Crippen LogP contribution is 2.31. The van der Waals surface area contributed by atoms with Gasteiger partial charge >= 0.3 is 5.97 Å². The number of imide groups is 1. The van der Waals surface area contributed by atoms with Crippen LogP contribution in [0.4, 0.5) is 5.69 Å². The molecule has 1 aliphatic heterocycles. The molecule has 1 heterocycles. The van der Waals surface area contributed by atoms with Crippen LogP contribution in [0, 0.1) is 0 Å². The number of ether oxygens (including phenoxy) is 1. The third kappa shape index (κ3) is 4.17. The van der Waals surface area contributed by atoms with Gasteiger partial charge in [-0.05, 0) is 36.8 Å². The number of hydrogen-bond donors (Lipinski definition) is 0. The second-order valence-electron chi connectivity index (χ2n) is 6.02. The summed E-state index contributed by atoms with van der Waals surface area (Å²) in [7, 11) is 0. The summed E-state index contributed by atoms with van der Waals surface area (Å²) in [6.07, 6.45) is 0.0591. The molecule has 6 heteroatoms. The molecule has 3 rings (SSSR count). The van der Waals surface area contributed by atoms with E-state index in [9.17, 15) is 14.4 Å². The minimum atomic E-state index is -0.517. The summed E-state index contributed by atoms with van der Waals surface area (Å²) in [5.41, 5.74) is 1.90. The Morgan fingerprint density at radius 3 is 2.22 bits per heavy atom. The number of amides is 2. The van der Waals surface area contributed by atoms with Gasteiger partial charge in [-0.2, -0.15) is 0 Å². The van der Waals surface area contributed by atoms with Crippen LogP contribution in [0.2, 0.25) is 0 Å². The molecule has 0 fully saturated rings. The Hall–Kier alpha value is -2.73.